The molecular formula is C21H19N3O2S. The van der Waals surface area contributed by atoms with E-state index in [0.29, 0.717) is 5.75 Å². The molecule has 0 aliphatic carbocycles. The SMILES string of the molecule is COc1ccc(SCC(=O)Nc2ccc(N=Nc3ccccc3)cc2)cc1. The van der Waals surface area contributed by atoms with Crippen LogP contribution < -0.4 is 10.1 Å². The number of rotatable bonds is 7. The van der Waals surface area contributed by atoms with Crippen LogP contribution in [0.5, 0.6) is 5.75 Å². The van der Waals surface area contributed by atoms with E-state index in [1.807, 2.05) is 78.9 Å². The largest absolute Gasteiger partial charge is 0.497 e. The predicted octanol–water partition coefficient (Wildman–Crippen LogP) is 5.84. The van der Waals surface area contributed by atoms with E-state index in [1.54, 1.807) is 7.11 Å². The molecule has 0 saturated heterocycles. The third kappa shape index (κ3) is 5.97. The molecule has 5 nitrogen and oxygen atoms in total. The van der Waals surface area contributed by atoms with E-state index in [0.717, 1.165) is 27.7 Å². The van der Waals surface area contributed by atoms with Crippen LogP contribution in [0.2, 0.25) is 0 Å². The number of methoxy groups -OCH3 is 1. The van der Waals surface area contributed by atoms with E-state index < -0.39 is 0 Å². The number of hydrogen-bond donors (Lipinski definition) is 1. The zero-order chi connectivity index (χ0) is 18.9. The van der Waals surface area contributed by atoms with Crippen LogP contribution in [0.3, 0.4) is 0 Å². The topological polar surface area (TPSA) is 63.0 Å². The average Bonchev–Trinajstić information content (AvgIpc) is 2.73. The van der Waals surface area contributed by atoms with Crippen LogP contribution >= 0.6 is 11.8 Å². The summed E-state index contributed by atoms with van der Waals surface area (Å²) in [7, 11) is 1.63. The number of anilines is 1. The van der Waals surface area contributed by atoms with Gasteiger partial charge < -0.3 is 10.1 Å². The second kappa shape index (κ2) is 9.54. The summed E-state index contributed by atoms with van der Waals surface area (Å²) < 4.78 is 5.12. The van der Waals surface area contributed by atoms with Gasteiger partial charge in [-0.2, -0.15) is 10.2 Å². The summed E-state index contributed by atoms with van der Waals surface area (Å²) in [5, 5.41) is 11.2. The van der Waals surface area contributed by atoms with Crippen molar-refractivity contribution in [2.75, 3.05) is 18.2 Å². The second-order valence-electron chi connectivity index (χ2n) is 5.59. The minimum atomic E-state index is -0.0607. The number of nitrogens with one attached hydrogen (secondary N) is 1. The number of carbonyl (C=O) groups excluding carboxylic acids is 1. The van der Waals surface area contributed by atoms with Gasteiger partial charge in [0.05, 0.1) is 24.2 Å². The Labute approximate surface area is 162 Å². The number of nitrogens with zero attached hydrogens (tertiary/aromatic N) is 2. The zero-order valence-corrected chi connectivity index (χ0v) is 15.6. The molecule has 3 rings (SSSR count). The molecule has 0 fully saturated rings. The summed E-state index contributed by atoms with van der Waals surface area (Å²) >= 11 is 1.47. The van der Waals surface area contributed by atoms with Crippen molar-refractivity contribution in [1.82, 2.24) is 0 Å². The van der Waals surface area contributed by atoms with Crippen molar-refractivity contribution in [3.63, 3.8) is 0 Å². The maximum Gasteiger partial charge on any atom is 0.234 e. The van der Waals surface area contributed by atoms with E-state index in [4.69, 9.17) is 4.74 Å². The summed E-state index contributed by atoms with van der Waals surface area (Å²) in [6.07, 6.45) is 0. The van der Waals surface area contributed by atoms with Crippen LogP contribution in [0.1, 0.15) is 0 Å². The molecule has 6 heteroatoms. The van der Waals surface area contributed by atoms with Gasteiger partial charge >= 0.3 is 0 Å². The molecule has 0 bridgehead atoms. The van der Waals surface area contributed by atoms with Crippen molar-refractivity contribution in [1.29, 1.82) is 0 Å². The molecule has 3 aromatic rings. The Morgan fingerprint density at radius 3 is 2.15 bits per heavy atom. The van der Waals surface area contributed by atoms with Crippen LogP contribution in [0, 0.1) is 0 Å². The number of benzene rings is 3. The van der Waals surface area contributed by atoms with E-state index in [1.165, 1.54) is 11.8 Å². The third-order valence-electron chi connectivity index (χ3n) is 3.62. The van der Waals surface area contributed by atoms with Crippen LogP contribution in [0.25, 0.3) is 0 Å². The first-order valence-electron chi connectivity index (χ1n) is 8.36. The molecule has 1 amide bonds. The Morgan fingerprint density at radius 1 is 0.889 bits per heavy atom. The highest BCUT2D eigenvalue weighted by molar-refractivity contribution is 8.00. The number of thioether (sulfide) groups is 1. The molecule has 0 saturated carbocycles. The lowest BCUT2D eigenvalue weighted by Crippen LogP contribution is -2.13. The Hall–Kier alpha value is -3.12. The van der Waals surface area contributed by atoms with Gasteiger partial charge in [0.2, 0.25) is 5.91 Å². The molecule has 0 unspecified atom stereocenters. The fraction of sp³-hybridized carbons (Fsp3) is 0.0952. The molecular weight excluding hydrogens is 358 g/mol. The van der Waals surface area contributed by atoms with E-state index >= 15 is 0 Å². The van der Waals surface area contributed by atoms with Crippen molar-refractivity contribution >= 4 is 34.7 Å². The molecule has 0 atom stereocenters. The summed E-state index contributed by atoms with van der Waals surface area (Å²) in [6.45, 7) is 0. The second-order valence-corrected chi connectivity index (χ2v) is 6.64. The quantitative estimate of drug-likeness (QED) is 0.415. The van der Waals surface area contributed by atoms with Crippen molar-refractivity contribution in [3.05, 3.63) is 78.9 Å². The number of azo groups is 1. The van der Waals surface area contributed by atoms with Gasteiger partial charge in [-0.1, -0.05) is 18.2 Å². The molecule has 3 aromatic carbocycles. The molecule has 0 radical (unpaired) electrons. The number of carbonyl (C=O) groups is 1. The molecule has 27 heavy (non-hydrogen) atoms. The van der Waals surface area contributed by atoms with E-state index in [2.05, 4.69) is 15.5 Å². The smallest absolute Gasteiger partial charge is 0.234 e. The van der Waals surface area contributed by atoms with Crippen LogP contribution in [-0.2, 0) is 4.79 Å². The fourth-order valence-electron chi connectivity index (χ4n) is 2.24. The maximum absolute atomic E-state index is 12.1. The molecule has 136 valence electrons. The lowest BCUT2D eigenvalue weighted by Gasteiger charge is -2.06. The molecule has 0 aromatic heterocycles. The monoisotopic (exact) mass is 377 g/mol. The van der Waals surface area contributed by atoms with Crippen molar-refractivity contribution < 1.29 is 9.53 Å². The molecule has 1 N–H and O–H groups in total. The summed E-state index contributed by atoms with van der Waals surface area (Å²) in [4.78, 5) is 13.1. The lowest BCUT2D eigenvalue weighted by molar-refractivity contribution is -0.113. The van der Waals surface area contributed by atoms with Gasteiger partial charge in [-0.05, 0) is 60.7 Å². The Bertz CT molecular complexity index is 895. The number of hydrogen-bond acceptors (Lipinski definition) is 5. The Morgan fingerprint density at radius 2 is 1.52 bits per heavy atom. The minimum Gasteiger partial charge on any atom is -0.497 e. The average molecular weight is 377 g/mol. The lowest BCUT2D eigenvalue weighted by atomic mass is 10.3. The normalized spacial score (nSPS) is 10.7. The van der Waals surface area contributed by atoms with E-state index in [9.17, 15) is 4.79 Å². The van der Waals surface area contributed by atoms with Gasteiger partial charge in [0.25, 0.3) is 0 Å². The first kappa shape index (κ1) is 18.7. The highest BCUT2D eigenvalue weighted by Gasteiger charge is 2.04. The van der Waals surface area contributed by atoms with Crippen LogP contribution in [0.15, 0.2) is 94.0 Å². The predicted molar refractivity (Wildman–Crippen MR) is 109 cm³/mol. The zero-order valence-electron chi connectivity index (χ0n) is 14.8. The standard InChI is InChI=1S/C21H19N3O2S/c1-26-19-11-13-20(14-12-19)27-15-21(25)22-16-7-9-18(10-8-16)24-23-17-5-3-2-4-6-17/h2-14H,15H2,1H3,(H,22,25). The minimum absolute atomic E-state index is 0.0607. The van der Waals surface area contributed by atoms with Gasteiger partial charge in [-0.15, -0.1) is 11.8 Å². The van der Waals surface area contributed by atoms with Crippen LogP contribution in [-0.4, -0.2) is 18.8 Å². The highest BCUT2D eigenvalue weighted by Crippen LogP contribution is 2.22. The molecule has 0 aliphatic rings. The molecule has 0 heterocycles. The first-order chi connectivity index (χ1) is 13.2. The van der Waals surface area contributed by atoms with Crippen molar-refractivity contribution in [3.8, 4) is 5.75 Å². The summed E-state index contributed by atoms with van der Waals surface area (Å²) in [5.74, 6) is 1.07. The fourth-order valence-corrected chi connectivity index (χ4v) is 2.94. The van der Waals surface area contributed by atoms with Gasteiger partial charge in [0.1, 0.15) is 5.75 Å². The summed E-state index contributed by atoms with van der Waals surface area (Å²) in [5.41, 5.74) is 2.25. The third-order valence-corrected chi connectivity index (χ3v) is 4.63. The number of amides is 1. The van der Waals surface area contributed by atoms with Crippen LogP contribution in [0.4, 0.5) is 17.1 Å². The Balaban J connectivity index is 1.49. The van der Waals surface area contributed by atoms with Gasteiger partial charge in [0.15, 0.2) is 0 Å². The first-order valence-corrected chi connectivity index (χ1v) is 9.35. The van der Waals surface area contributed by atoms with Crippen molar-refractivity contribution in [2.45, 2.75) is 4.90 Å². The van der Waals surface area contributed by atoms with Gasteiger partial charge in [-0.3, -0.25) is 4.79 Å². The highest BCUT2D eigenvalue weighted by atomic mass is 32.2. The summed E-state index contributed by atoms with van der Waals surface area (Å²) in [6, 6.07) is 24.4. The van der Waals surface area contributed by atoms with Gasteiger partial charge in [0, 0.05) is 10.6 Å². The molecule has 0 aliphatic heterocycles. The van der Waals surface area contributed by atoms with Gasteiger partial charge in [-0.25, -0.2) is 0 Å². The Kier molecular flexibility index (Phi) is 6.60. The van der Waals surface area contributed by atoms with E-state index in [-0.39, 0.29) is 5.91 Å². The maximum atomic E-state index is 12.1. The molecule has 0 spiro atoms. The number of ether oxygens (including phenoxy) is 1. The van der Waals surface area contributed by atoms with Crippen molar-refractivity contribution in [2.24, 2.45) is 10.2 Å².